The number of rotatable bonds is 4. The Morgan fingerprint density at radius 2 is 1.62 bits per heavy atom. The number of amides is 1. The summed E-state index contributed by atoms with van der Waals surface area (Å²) >= 11 is 0. The van der Waals surface area contributed by atoms with Crippen LogP contribution in [0.15, 0.2) is 54.7 Å². The highest BCUT2D eigenvalue weighted by Gasteiger charge is 2.09. The van der Waals surface area contributed by atoms with Crippen LogP contribution in [0, 0.1) is 25.5 Å². The number of aryl methyl sites for hydroxylation is 2. The zero-order valence-electron chi connectivity index (χ0n) is 14.3. The predicted octanol–water partition coefficient (Wildman–Crippen LogP) is 4.97. The van der Waals surface area contributed by atoms with E-state index in [1.807, 2.05) is 32.0 Å². The number of carbonyl (C=O) groups is 1. The molecule has 0 unspecified atom stereocenters. The maximum absolute atomic E-state index is 13.3. The average Bonchev–Trinajstić information content (AvgIpc) is 2.57. The lowest BCUT2D eigenvalue weighted by Crippen LogP contribution is -2.12. The molecule has 0 radical (unpaired) electrons. The average molecular weight is 353 g/mol. The van der Waals surface area contributed by atoms with Crippen LogP contribution < -0.4 is 10.6 Å². The molecule has 1 amide bonds. The number of carbonyl (C=O) groups excluding carboxylic acids is 1. The molecule has 0 bridgehead atoms. The van der Waals surface area contributed by atoms with Crippen LogP contribution >= 0.6 is 0 Å². The van der Waals surface area contributed by atoms with Crippen molar-refractivity contribution in [1.29, 1.82) is 0 Å². The first-order valence-corrected chi connectivity index (χ1v) is 7.98. The van der Waals surface area contributed by atoms with Gasteiger partial charge in [0.25, 0.3) is 5.91 Å². The Morgan fingerprint density at radius 3 is 2.31 bits per heavy atom. The SMILES string of the molecule is Cc1cc(C)cc(NC(=O)c2ccnc(Nc3ccc(F)c(F)c3)c2)c1. The standard InChI is InChI=1S/C20H17F2N3O/c1-12-7-13(2)9-16(8-12)25-20(26)14-5-6-23-19(10-14)24-15-3-4-17(21)18(22)11-15/h3-11H,1-2H3,(H,23,24)(H,25,26). The van der Waals surface area contributed by atoms with Crippen molar-refractivity contribution in [3.05, 3.63) is 83.1 Å². The molecule has 1 heterocycles. The number of nitrogens with one attached hydrogen (secondary N) is 2. The lowest BCUT2D eigenvalue weighted by Gasteiger charge is -2.10. The number of benzene rings is 2. The largest absolute Gasteiger partial charge is 0.340 e. The number of aromatic nitrogens is 1. The number of hydrogen-bond acceptors (Lipinski definition) is 3. The maximum atomic E-state index is 13.3. The Bertz CT molecular complexity index is 953. The first kappa shape index (κ1) is 17.5. The summed E-state index contributed by atoms with van der Waals surface area (Å²) < 4.78 is 26.3. The molecule has 6 heteroatoms. The molecule has 3 aromatic rings. The molecule has 3 rings (SSSR count). The summed E-state index contributed by atoms with van der Waals surface area (Å²) in [5.41, 5.74) is 3.54. The van der Waals surface area contributed by atoms with Crippen LogP contribution in [0.25, 0.3) is 0 Å². The molecular weight excluding hydrogens is 336 g/mol. The summed E-state index contributed by atoms with van der Waals surface area (Å²) in [6.45, 7) is 3.91. The zero-order chi connectivity index (χ0) is 18.7. The fourth-order valence-electron chi connectivity index (χ4n) is 2.61. The van der Waals surface area contributed by atoms with Crippen molar-refractivity contribution in [2.24, 2.45) is 0 Å². The van der Waals surface area contributed by atoms with E-state index in [4.69, 9.17) is 0 Å². The van der Waals surface area contributed by atoms with Gasteiger partial charge in [-0.25, -0.2) is 13.8 Å². The first-order valence-electron chi connectivity index (χ1n) is 7.98. The van der Waals surface area contributed by atoms with E-state index in [1.54, 1.807) is 12.1 Å². The van der Waals surface area contributed by atoms with Crippen molar-refractivity contribution in [1.82, 2.24) is 4.98 Å². The molecule has 0 aliphatic heterocycles. The smallest absolute Gasteiger partial charge is 0.255 e. The topological polar surface area (TPSA) is 54.0 Å². The maximum Gasteiger partial charge on any atom is 0.255 e. The molecular formula is C20H17F2N3O. The van der Waals surface area contributed by atoms with Crippen LogP contribution in [0.5, 0.6) is 0 Å². The van der Waals surface area contributed by atoms with Gasteiger partial charge in [0.05, 0.1) is 0 Å². The number of nitrogens with zero attached hydrogens (tertiary/aromatic N) is 1. The number of pyridine rings is 1. The van der Waals surface area contributed by atoms with Gasteiger partial charge in [-0.1, -0.05) is 6.07 Å². The molecule has 1 aromatic heterocycles. The third kappa shape index (κ3) is 4.22. The van der Waals surface area contributed by atoms with Crippen molar-refractivity contribution in [3.8, 4) is 0 Å². The van der Waals surface area contributed by atoms with Crippen molar-refractivity contribution >= 4 is 23.1 Å². The predicted molar refractivity (Wildman–Crippen MR) is 97.7 cm³/mol. The monoisotopic (exact) mass is 353 g/mol. The van der Waals surface area contributed by atoms with E-state index >= 15 is 0 Å². The fourth-order valence-corrected chi connectivity index (χ4v) is 2.61. The Labute approximate surface area is 149 Å². The lowest BCUT2D eigenvalue weighted by atomic mass is 10.1. The van der Waals surface area contributed by atoms with Crippen LogP contribution in [0.4, 0.5) is 26.0 Å². The quantitative estimate of drug-likeness (QED) is 0.696. The number of halogens is 2. The van der Waals surface area contributed by atoms with Crippen LogP contribution in [-0.4, -0.2) is 10.9 Å². The highest BCUT2D eigenvalue weighted by atomic mass is 19.2. The Balaban J connectivity index is 1.77. The second kappa shape index (κ2) is 7.31. The highest BCUT2D eigenvalue weighted by Crippen LogP contribution is 2.19. The lowest BCUT2D eigenvalue weighted by molar-refractivity contribution is 0.102. The van der Waals surface area contributed by atoms with Gasteiger partial charge in [0.15, 0.2) is 11.6 Å². The van der Waals surface area contributed by atoms with E-state index in [-0.39, 0.29) is 5.91 Å². The van der Waals surface area contributed by atoms with E-state index in [9.17, 15) is 13.6 Å². The van der Waals surface area contributed by atoms with Gasteiger partial charge in [-0.3, -0.25) is 4.79 Å². The van der Waals surface area contributed by atoms with Crippen molar-refractivity contribution < 1.29 is 13.6 Å². The van der Waals surface area contributed by atoms with Gasteiger partial charge in [-0.2, -0.15) is 0 Å². The van der Waals surface area contributed by atoms with Gasteiger partial charge in [-0.15, -0.1) is 0 Å². The molecule has 2 aromatic carbocycles. The molecule has 0 aliphatic rings. The number of hydrogen-bond donors (Lipinski definition) is 2. The summed E-state index contributed by atoms with van der Waals surface area (Å²) in [5, 5.41) is 5.69. The van der Waals surface area contributed by atoms with Crippen LogP contribution in [0.2, 0.25) is 0 Å². The molecule has 0 saturated carbocycles. The fraction of sp³-hybridized carbons (Fsp3) is 0.100. The third-order valence-electron chi connectivity index (χ3n) is 3.69. The van der Waals surface area contributed by atoms with Gasteiger partial charge in [0.1, 0.15) is 5.82 Å². The normalized spacial score (nSPS) is 10.5. The minimum Gasteiger partial charge on any atom is -0.340 e. The van der Waals surface area contributed by atoms with E-state index in [0.29, 0.717) is 22.8 Å². The Morgan fingerprint density at radius 1 is 0.885 bits per heavy atom. The first-order chi connectivity index (χ1) is 12.4. The summed E-state index contributed by atoms with van der Waals surface area (Å²) in [6, 6.07) is 12.3. The molecule has 26 heavy (non-hydrogen) atoms. The molecule has 0 spiro atoms. The molecule has 132 valence electrons. The van der Waals surface area contributed by atoms with Crippen LogP contribution in [-0.2, 0) is 0 Å². The van der Waals surface area contributed by atoms with Gasteiger partial charge < -0.3 is 10.6 Å². The van der Waals surface area contributed by atoms with Crippen molar-refractivity contribution in [3.63, 3.8) is 0 Å². The van der Waals surface area contributed by atoms with E-state index in [0.717, 1.165) is 23.3 Å². The molecule has 0 saturated heterocycles. The Kier molecular flexibility index (Phi) is 4.93. The Hall–Kier alpha value is -3.28. The van der Waals surface area contributed by atoms with Gasteiger partial charge in [0.2, 0.25) is 0 Å². The molecule has 0 atom stereocenters. The van der Waals surface area contributed by atoms with Gasteiger partial charge >= 0.3 is 0 Å². The molecule has 0 aliphatic carbocycles. The van der Waals surface area contributed by atoms with Crippen molar-refractivity contribution in [2.75, 3.05) is 10.6 Å². The second-order valence-electron chi connectivity index (χ2n) is 6.01. The summed E-state index contributed by atoms with van der Waals surface area (Å²) in [6.07, 6.45) is 1.47. The van der Waals surface area contributed by atoms with Crippen LogP contribution in [0.3, 0.4) is 0 Å². The molecule has 4 nitrogen and oxygen atoms in total. The van der Waals surface area contributed by atoms with E-state index < -0.39 is 11.6 Å². The molecule has 2 N–H and O–H groups in total. The van der Waals surface area contributed by atoms with Crippen LogP contribution in [0.1, 0.15) is 21.5 Å². The van der Waals surface area contributed by atoms with Gasteiger partial charge in [-0.05, 0) is 61.4 Å². The summed E-state index contributed by atoms with van der Waals surface area (Å²) in [4.78, 5) is 16.6. The molecule has 0 fully saturated rings. The van der Waals surface area contributed by atoms with Crippen molar-refractivity contribution in [2.45, 2.75) is 13.8 Å². The minimum absolute atomic E-state index is 0.286. The number of anilines is 3. The third-order valence-corrected chi connectivity index (χ3v) is 3.69. The van der Waals surface area contributed by atoms with Gasteiger partial charge in [0, 0.05) is 29.2 Å². The van der Waals surface area contributed by atoms with E-state index in [2.05, 4.69) is 15.6 Å². The minimum atomic E-state index is -0.960. The summed E-state index contributed by atoms with van der Waals surface area (Å²) in [5.74, 6) is -1.82. The second-order valence-corrected chi connectivity index (χ2v) is 6.01. The van der Waals surface area contributed by atoms with E-state index in [1.165, 1.54) is 12.3 Å². The summed E-state index contributed by atoms with van der Waals surface area (Å²) in [7, 11) is 0. The zero-order valence-corrected chi connectivity index (χ0v) is 14.3. The highest BCUT2D eigenvalue weighted by molar-refractivity contribution is 6.04.